The maximum Gasteiger partial charge on any atom is 0.408 e. The third kappa shape index (κ3) is 8.70. The summed E-state index contributed by atoms with van der Waals surface area (Å²) in [6, 6.07) is 15.5. The average molecular weight is 534 g/mol. The minimum Gasteiger partial charge on any atom is -0.444 e. The molecule has 208 valence electrons. The second kappa shape index (κ2) is 13.1. The highest BCUT2D eigenvalue weighted by atomic mass is 16.6. The number of carbonyl (C=O) groups is 3. The van der Waals surface area contributed by atoms with Crippen LogP contribution in [-0.4, -0.2) is 40.6 Å². The van der Waals surface area contributed by atoms with Crippen LogP contribution in [0.25, 0.3) is 10.8 Å². The van der Waals surface area contributed by atoms with Gasteiger partial charge in [-0.3, -0.25) is 9.59 Å². The molecule has 0 radical (unpaired) electrons. The molecule has 1 unspecified atom stereocenters. The number of benzene rings is 2. The van der Waals surface area contributed by atoms with E-state index in [-0.39, 0.29) is 24.8 Å². The molecule has 39 heavy (non-hydrogen) atoms. The number of nitrogens with two attached hydrogens (primary N) is 1. The molecule has 0 fully saturated rings. The van der Waals surface area contributed by atoms with Gasteiger partial charge in [0, 0.05) is 19.2 Å². The number of carbonyl (C=O) groups excluding carboxylic acids is 3. The molecule has 3 aromatic rings. The average Bonchev–Trinajstić information content (AvgIpc) is 2.89. The zero-order valence-electron chi connectivity index (χ0n) is 23.3. The van der Waals surface area contributed by atoms with Crippen molar-refractivity contribution in [1.82, 2.24) is 20.9 Å². The number of ether oxygens (including phenoxy) is 1. The highest BCUT2D eigenvalue weighted by molar-refractivity contribution is 5.92. The van der Waals surface area contributed by atoms with Crippen LogP contribution in [0.4, 0.5) is 10.6 Å². The van der Waals surface area contributed by atoms with E-state index < -0.39 is 29.7 Å². The van der Waals surface area contributed by atoms with Crippen LogP contribution in [-0.2, 0) is 27.3 Å². The highest BCUT2D eigenvalue weighted by Gasteiger charge is 2.31. The summed E-state index contributed by atoms with van der Waals surface area (Å²) < 4.78 is 5.38. The van der Waals surface area contributed by atoms with E-state index in [1.165, 1.54) is 0 Å². The molecule has 3 amide bonds. The second-order valence-electron chi connectivity index (χ2n) is 10.7. The molecule has 0 aliphatic carbocycles. The molecular formula is C30H39N5O4. The zero-order valence-corrected chi connectivity index (χ0v) is 23.3. The van der Waals surface area contributed by atoms with Crippen molar-refractivity contribution in [2.45, 2.75) is 71.7 Å². The van der Waals surface area contributed by atoms with Gasteiger partial charge in [0.05, 0.1) is 0 Å². The Kier molecular flexibility index (Phi) is 9.87. The number of hydrogen-bond donors (Lipinski definition) is 4. The molecule has 2 aromatic carbocycles. The van der Waals surface area contributed by atoms with E-state index in [4.69, 9.17) is 10.5 Å². The summed E-state index contributed by atoms with van der Waals surface area (Å²) in [5.41, 5.74) is 6.64. The van der Waals surface area contributed by atoms with Gasteiger partial charge in [0.15, 0.2) is 0 Å². The normalized spacial score (nSPS) is 13.7. The van der Waals surface area contributed by atoms with Crippen LogP contribution in [0, 0.1) is 5.92 Å². The van der Waals surface area contributed by atoms with Gasteiger partial charge >= 0.3 is 6.09 Å². The van der Waals surface area contributed by atoms with Crippen molar-refractivity contribution in [2.24, 2.45) is 5.92 Å². The SMILES string of the molecule is CCC(C)[C@@H](NC(=O)OC(C)(C)C)C(=O)N[C@@H](Cc1cccc2ccccc12)C(=O)NCc1ccc(N)nc1. The van der Waals surface area contributed by atoms with Gasteiger partial charge in [0.2, 0.25) is 11.8 Å². The molecular weight excluding hydrogens is 494 g/mol. The smallest absolute Gasteiger partial charge is 0.408 e. The maximum absolute atomic E-state index is 13.5. The van der Waals surface area contributed by atoms with Crippen LogP contribution in [0.15, 0.2) is 60.8 Å². The fraction of sp³-hybridized carbons (Fsp3) is 0.400. The predicted molar refractivity (Wildman–Crippen MR) is 153 cm³/mol. The van der Waals surface area contributed by atoms with Crippen molar-refractivity contribution >= 4 is 34.5 Å². The van der Waals surface area contributed by atoms with Crippen molar-refractivity contribution in [3.63, 3.8) is 0 Å². The summed E-state index contributed by atoms with van der Waals surface area (Å²) in [4.78, 5) is 43.6. The number of rotatable bonds is 10. The van der Waals surface area contributed by atoms with Gasteiger partial charge in [0.25, 0.3) is 0 Å². The van der Waals surface area contributed by atoms with Crippen molar-refractivity contribution in [3.05, 3.63) is 71.9 Å². The predicted octanol–water partition coefficient (Wildman–Crippen LogP) is 4.10. The number of nitrogens with one attached hydrogen (secondary N) is 3. The molecule has 0 saturated heterocycles. The Morgan fingerprint density at radius 3 is 2.36 bits per heavy atom. The Morgan fingerprint density at radius 1 is 0.974 bits per heavy atom. The summed E-state index contributed by atoms with van der Waals surface area (Å²) in [6.07, 6.45) is 1.81. The molecule has 0 bridgehead atoms. The van der Waals surface area contributed by atoms with E-state index in [9.17, 15) is 14.4 Å². The second-order valence-corrected chi connectivity index (χ2v) is 10.7. The van der Waals surface area contributed by atoms with Crippen LogP contribution in [0.1, 0.15) is 52.2 Å². The van der Waals surface area contributed by atoms with Crippen molar-refractivity contribution in [3.8, 4) is 0 Å². The Balaban J connectivity index is 1.84. The van der Waals surface area contributed by atoms with Crippen molar-refractivity contribution in [2.75, 3.05) is 5.73 Å². The van der Waals surface area contributed by atoms with E-state index in [1.54, 1.807) is 39.1 Å². The fourth-order valence-corrected chi connectivity index (χ4v) is 4.15. The van der Waals surface area contributed by atoms with Crippen LogP contribution in [0.2, 0.25) is 0 Å². The molecule has 1 heterocycles. The molecule has 1 aromatic heterocycles. The first kappa shape index (κ1) is 29.4. The largest absolute Gasteiger partial charge is 0.444 e. The lowest BCUT2D eigenvalue weighted by atomic mass is 9.96. The number of anilines is 1. The van der Waals surface area contributed by atoms with Gasteiger partial charge < -0.3 is 26.4 Å². The Bertz CT molecular complexity index is 1280. The van der Waals surface area contributed by atoms with Crippen LogP contribution in [0.5, 0.6) is 0 Å². The van der Waals surface area contributed by atoms with Gasteiger partial charge in [-0.25, -0.2) is 9.78 Å². The van der Waals surface area contributed by atoms with Gasteiger partial charge in [-0.15, -0.1) is 0 Å². The number of hydrogen-bond acceptors (Lipinski definition) is 6. The Hall–Kier alpha value is -4.14. The van der Waals surface area contributed by atoms with E-state index in [0.717, 1.165) is 21.9 Å². The van der Waals surface area contributed by atoms with Crippen molar-refractivity contribution in [1.29, 1.82) is 0 Å². The molecule has 9 heteroatoms. The number of amides is 3. The molecule has 0 saturated carbocycles. The third-order valence-electron chi connectivity index (χ3n) is 6.42. The first-order valence-corrected chi connectivity index (χ1v) is 13.2. The van der Waals surface area contributed by atoms with Gasteiger partial charge in [0.1, 0.15) is 23.5 Å². The first-order chi connectivity index (χ1) is 18.5. The Morgan fingerprint density at radius 2 is 1.69 bits per heavy atom. The first-order valence-electron chi connectivity index (χ1n) is 13.2. The zero-order chi connectivity index (χ0) is 28.6. The number of nitrogens with zero attached hydrogens (tertiary/aromatic N) is 1. The monoisotopic (exact) mass is 533 g/mol. The van der Waals surface area contributed by atoms with E-state index >= 15 is 0 Å². The van der Waals surface area contributed by atoms with Crippen LogP contribution in [0.3, 0.4) is 0 Å². The molecule has 3 atom stereocenters. The van der Waals surface area contributed by atoms with Gasteiger partial charge in [-0.2, -0.15) is 0 Å². The van der Waals surface area contributed by atoms with E-state index in [1.807, 2.05) is 56.3 Å². The third-order valence-corrected chi connectivity index (χ3v) is 6.42. The standard InChI is InChI=1S/C30H39N5O4/c1-6-19(2)26(35-29(38)39-30(3,4)5)28(37)34-24(27(36)33-18-20-14-15-25(31)32-17-20)16-22-12-9-11-21-10-7-8-13-23(21)22/h7-15,17,19,24,26H,6,16,18H2,1-5H3,(H2,31,32)(H,33,36)(H,34,37)(H,35,38)/t19?,24-,26+/m0/s1. The number of fused-ring (bicyclic) bond motifs is 1. The number of nitrogen functional groups attached to an aromatic ring is 1. The summed E-state index contributed by atoms with van der Waals surface area (Å²) in [6.45, 7) is 9.29. The van der Waals surface area contributed by atoms with Gasteiger partial charge in [-0.1, -0.05) is 68.8 Å². The molecule has 0 aliphatic heterocycles. The fourth-order valence-electron chi connectivity index (χ4n) is 4.15. The number of aromatic nitrogens is 1. The number of alkyl carbamates (subject to hydrolysis) is 1. The lowest BCUT2D eigenvalue weighted by Gasteiger charge is -2.28. The van der Waals surface area contributed by atoms with E-state index in [0.29, 0.717) is 12.2 Å². The highest BCUT2D eigenvalue weighted by Crippen LogP contribution is 2.20. The number of pyridine rings is 1. The molecule has 0 spiro atoms. The summed E-state index contributed by atoms with van der Waals surface area (Å²) >= 11 is 0. The van der Waals surface area contributed by atoms with Crippen LogP contribution >= 0.6 is 0 Å². The summed E-state index contributed by atoms with van der Waals surface area (Å²) in [5, 5.41) is 10.5. The lowest BCUT2D eigenvalue weighted by molar-refractivity contribution is -0.130. The summed E-state index contributed by atoms with van der Waals surface area (Å²) in [5.74, 6) is -0.614. The summed E-state index contributed by atoms with van der Waals surface area (Å²) in [7, 11) is 0. The van der Waals surface area contributed by atoms with Crippen LogP contribution < -0.4 is 21.7 Å². The quantitative estimate of drug-likeness (QED) is 0.310. The minimum absolute atomic E-state index is 0.195. The lowest BCUT2D eigenvalue weighted by Crippen LogP contribution is -2.56. The van der Waals surface area contributed by atoms with Crippen molar-refractivity contribution < 1.29 is 19.1 Å². The molecule has 0 aliphatic rings. The molecule has 9 nitrogen and oxygen atoms in total. The Labute approximate surface area is 229 Å². The minimum atomic E-state index is -0.892. The molecule has 3 rings (SSSR count). The van der Waals surface area contributed by atoms with Gasteiger partial charge in [-0.05, 0) is 54.7 Å². The van der Waals surface area contributed by atoms with E-state index in [2.05, 4.69) is 20.9 Å². The molecule has 5 N–H and O–H groups in total. The topological polar surface area (TPSA) is 135 Å². The maximum atomic E-state index is 13.5.